The van der Waals surface area contributed by atoms with Gasteiger partial charge >= 0.3 is 5.97 Å². The largest absolute Gasteiger partial charge is 0.465 e. The third-order valence-electron chi connectivity index (χ3n) is 3.97. The number of H-pyrrole nitrogens is 1. The summed E-state index contributed by atoms with van der Waals surface area (Å²) in [6.07, 6.45) is 0. The topological polar surface area (TPSA) is 144 Å². The van der Waals surface area contributed by atoms with Crippen molar-refractivity contribution in [3.63, 3.8) is 0 Å². The maximum absolute atomic E-state index is 13.1. The minimum Gasteiger partial charge on any atom is -0.465 e. The summed E-state index contributed by atoms with van der Waals surface area (Å²) in [7, 11) is 0. The summed E-state index contributed by atoms with van der Waals surface area (Å²) in [5.41, 5.74) is 11.5. The zero-order chi connectivity index (χ0) is 19.0. The van der Waals surface area contributed by atoms with Gasteiger partial charge in [0.2, 0.25) is 11.9 Å². The highest BCUT2D eigenvalue weighted by atomic mass is 79.9. The van der Waals surface area contributed by atoms with Crippen molar-refractivity contribution in [2.24, 2.45) is 11.7 Å². The smallest absolute Gasteiger partial charge is 0.320 e. The number of amides is 1. The normalized spacial score (nSPS) is 19.2. The van der Waals surface area contributed by atoms with Crippen molar-refractivity contribution in [1.29, 1.82) is 0 Å². The van der Waals surface area contributed by atoms with Gasteiger partial charge in [-0.15, -0.1) is 0 Å². The molecule has 2 atom stereocenters. The van der Waals surface area contributed by atoms with Gasteiger partial charge in [0.25, 0.3) is 5.56 Å². The average molecular weight is 422 g/mol. The number of hydrogen-bond donors (Lipinski definition) is 3. The number of carbonyl (C=O) groups excluding carboxylic acids is 2. The van der Waals surface area contributed by atoms with Gasteiger partial charge in [-0.25, -0.2) is 0 Å². The number of benzene rings is 1. The van der Waals surface area contributed by atoms with Crippen LogP contribution in [0.25, 0.3) is 0 Å². The minimum atomic E-state index is -1.36. The number of aromatic nitrogens is 2. The average Bonchev–Trinajstić information content (AvgIpc) is 2.56. The van der Waals surface area contributed by atoms with Crippen molar-refractivity contribution >= 4 is 45.3 Å². The molecular formula is C16H16BrN5O4. The molecule has 9 nitrogen and oxygen atoms in total. The lowest BCUT2D eigenvalue weighted by atomic mass is 9.89. The van der Waals surface area contributed by atoms with Crippen LogP contribution in [0, 0.1) is 5.92 Å². The zero-order valence-electron chi connectivity index (χ0n) is 13.7. The Bertz CT molecular complexity index is 927. The highest BCUT2D eigenvalue weighted by Crippen LogP contribution is 2.38. The van der Waals surface area contributed by atoms with Crippen LogP contribution in [0.15, 0.2) is 33.5 Å². The Morgan fingerprint density at radius 2 is 2.00 bits per heavy atom. The van der Waals surface area contributed by atoms with Gasteiger partial charge in [0.05, 0.1) is 23.9 Å². The number of carbonyl (C=O) groups is 2. The molecule has 0 radical (unpaired) electrons. The Hall–Kier alpha value is -2.72. The first kappa shape index (κ1) is 18.1. The van der Waals surface area contributed by atoms with Gasteiger partial charge < -0.3 is 16.2 Å². The maximum Gasteiger partial charge on any atom is 0.320 e. The van der Waals surface area contributed by atoms with Crippen molar-refractivity contribution in [2.75, 3.05) is 17.2 Å². The number of nitrogens with one attached hydrogen (secondary N) is 1. The number of esters is 1. The van der Waals surface area contributed by atoms with Crippen LogP contribution in [-0.2, 0) is 14.3 Å². The molecule has 2 unspecified atom stereocenters. The summed E-state index contributed by atoms with van der Waals surface area (Å²) in [6, 6.07) is 5.52. The van der Waals surface area contributed by atoms with Crippen molar-refractivity contribution in [1.82, 2.24) is 9.97 Å². The molecule has 0 bridgehead atoms. The number of aromatic amines is 1. The highest BCUT2D eigenvalue weighted by molar-refractivity contribution is 9.10. The molecule has 2 aromatic rings. The first-order valence-corrected chi connectivity index (χ1v) is 8.56. The number of rotatable bonds is 3. The molecule has 136 valence electrons. The Morgan fingerprint density at radius 3 is 2.62 bits per heavy atom. The Morgan fingerprint density at radius 1 is 1.35 bits per heavy atom. The lowest BCUT2D eigenvalue weighted by molar-refractivity contribution is -0.152. The van der Waals surface area contributed by atoms with Crippen LogP contribution in [0.4, 0.5) is 17.5 Å². The third-order valence-corrected chi connectivity index (χ3v) is 4.50. The van der Waals surface area contributed by atoms with E-state index in [1.807, 2.05) is 0 Å². The molecule has 1 aromatic heterocycles. The summed E-state index contributed by atoms with van der Waals surface area (Å²) in [6.45, 7) is 1.70. The Balaban J connectivity index is 2.23. The van der Waals surface area contributed by atoms with E-state index in [1.165, 1.54) is 0 Å². The van der Waals surface area contributed by atoms with Crippen LogP contribution in [-0.4, -0.2) is 28.5 Å². The lowest BCUT2D eigenvalue weighted by Gasteiger charge is -2.35. The molecule has 0 aliphatic carbocycles. The molecule has 0 spiro atoms. The van der Waals surface area contributed by atoms with Gasteiger partial charge in [0.15, 0.2) is 11.7 Å². The lowest BCUT2D eigenvalue weighted by Crippen LogP contribution is -2.50. The molecular weight excluding hydrogens is 406 g/mol. The molecule has 0 saturated heterocycles. The number of nitrogens with two attached hydrogens (primary N) is 2. The van der Waals surface area contributed by atoms with Gasteiger partial charge in [0.1, 0.15) is 0 Å². The molecule has 26 heavy (non-hydrogen) atoms. The fourth-order valence-corrected chi connectivity index (χ4v) is 3.11. The van der Waals surface area contributed by atoms with Crippen LogP contribution < -0.4 is 21.9 Å². The quantitative estimate of drug-likeness (QED) is 0.494. The SMILES string of the molecule is CCOC(=O)C1C(=O)N(c2ccc(Br)cc2)c2nc(N)[nH]c(=O)c2C1N. The van der Waals surface area contributed by atoms with Crippen molar-refractivity contribution in [2.45, 2.75) is 13.0 Å². The molecule has 1 aliphatic rings. The number of hydrogen-bond acceptors (Lipinski definition) is 7. The van der Waals surface area contributed by atoms with E-state index in [-0.39, 0.29) is 23.9 Å². The van der Waals surface area contributed by atoms with E-state index in [0.29, 0.717) is 5.69 Å². The van der Waals surface area contributed by atoms with E-state index in [0.717, 1.165) is 9.37 Å². The number of nitrogens with zero attached hydrogens (tertiary/aromatic N) is 2. The summed E-state index contributed by atoms with van der Waals surface area (Å²) in [4.78, 5) is 45.4. The van der Waals surface area contributed by atoms with Gasteiger partial charge in [-0.3, -0.25) is 24.3 Å². The van der Waals surface area contributed by atoms with Crippen LogP contribution in [0.2, 0.25) is 0 Å². The molecule has 10 heteroatoms. The molecule has 3 rings (SSSR count). The minimum absolute atomic E-state index is 0.000211. The van der Waals surface area contributed by atoms with Crippen molar-refractivity contribution in [3.8, 4) is 0 Å². The molecule has 5 N–H and O–H groups in total. The molecule has 1 aliphatic heterocycles. The maximum atomic E-state index is 13.1. The predicted molar refractivity (Wildman–Crippen MR) is 97.6 cm³/mol. The molecule has 1 aromatic carbocycles. The second kappa shape index (κ2) is 6.89. The molecule has 0 saturated carbocycles. The van der Waals surface area contributed by atoms with Crippen LogP contribution >= 0.6 is 15.9 Å². The van der Waals surface area contributed by atoms with Crippen LogP contribution in [0.3, 0.4) is 0 Å². The van der Waals surface area contributed by atoms with E-state index in [9.17, 15) is 14.4 Å². The van der Waals surface area contributed by atoms with E-state index in [2.05, 4.69) is 25.9 Å². The summed E-state index contributed by atoms with van der Waals surface area (Å²) in [5.74, 6) is -2.95. The van der Waals surface area contributed by atoms with Crippen molar-refractivity contribution < 1.29 is 14.3 Å². The number of anilines is 3. The highest BCUT2D eigenvalue weighted by Gasteiger charge is 2.47. The monoisotopic (exact) mass is 421 g/mol. The number of halogens is 1. The van der Waals surface area contributed by atoms with E-state index >= 15 is 0 Å². The van der Waals surface area contributed by atoms with Crippen LogP contribution in [0.5, 0.6) is 0 Å². The van der Waals surface area contributed by atoms with Crippen molar-refractivity contribution in [3.05, 3.63) is 44.7 Å². The summed E-state index contributed by atoms with van der Waals surface area (Å²) >= 11 is 3.32. The van der Waals surface area contributed by atoms with Gasteiger partial charge in [-0.05, 0) is 31.2 Å². The van der Waals surface area contributed by atoms with E-state index in [1.54, 1.807) is 31.2 Å². The molecule has 1 amide bonds. The van der Waals surface area contributed by atoms with E-state index < -0.39 is 29.4 Å². The van der Waals surface area contributed by atoms with Gasteiger partial charge in [-0.2, -0.15) is 4.98 Å². The number of ether oxygens (including phenoxy) is 1. The van der Waals surface area contributed by atoms with Gasteiger partial charge in [0, 0.05) is 4.47 Å². The zero-order valence-corrected chi connectivity index (χ0v) is 15.3. The van der Waals surface area contributed by atoms with Gasteiger partial charge in [-0.1, -0.05) is 15.9 Å². The Labute approximate surface area is 156 Å². The molecule has 0 fully saturated rings. The second-order valence-electron chi connectivity index (χ2n) is 5.59. The van der Waals surface area contributed by atoms with Crippen LogP contribution in [0.1, 0.15) is 18.5 Å². The number of nitrogen functional groups attached to an aromatic ring is 1. The number of fused-ring (bicyclic) bond motifs is 1. The fraction of sp³-hybridized carbons (Fsp3) is 0.250. The molecule has 2 heterocycles. The second-order valence-corrected chi connectivity index (χ2v) is 6.51. The first-order valence-electron chi connectivity index (χ1n) is 7.76. The predicted octanol–water partition coefficient (Wildman–Crippen LogP) is 0.972. The third kappa shape index (κ3) is 2.97. The first-order chi connectivity index (χ1) is 12.3. The summed E-state index contributed by atoms with van der Waals surface area (Å²) < 4.78 is 5.77. The summed E-state index contributed by atoms with van der Waals surface area (Å²) in [5, 5.41) is 0. The fourth-order valence-electron chi connectivity index (χ4n) is 2.84. The Kier molecular flexibility index (Phi) is 4.79. The van der Waals surface area contributed by atoms with E-state index in [4.69, 9.17) is 16.2 Å². The standard InChI is InChI=1S/C16H16BrN5O4/c1-2-26-15(25)10-11(18)9-12(20-16(19)21-13(9)23)22(14(10)24)8-5-3-7(17)4-6-8/h3-6,10-11H,2,18H2,1H3,(H3,19,20,21,23).